The van der Waals surface area contributed by atoms with Gasteiger partial charge in [0.1, 0.15) is 11.6 Å². The molecule has 0 aromatic heterocycles. The van der Waals surface area contributed by atoms with Gasteiger partial charge in [0.2, 0.25) is 5.91 Å². The van der Waals surface area contributed by atoms with Gasteiger partial charge >= 0.3 is 6.18 Å². The highest BCUT2D eigenvalue weighted by atomic mass is 35.5. The molecule has 0 aliphatic heterocycles. The summed E-state index contributed by atoms with van der Waals surface area (Å²) in [5, 5.41) is 2.03. The van der Waals surface area contributed by atoms with Crippen LogP contribution >= 0.6 is 11.6 Å². The molecule has 0 unspecified atom stereocenters. The van der Waals surface area contributed by atoms with Crippen LogP contribution in [-0.4, -0.2) is 5.91 Å². The number of halogens is 6. The maximum absolute atomic E-state index is 13.3. The Morgan fingerprint density at radius 3 is 1.91 bits per heavy atom. The summed E-state index contributed by atoms with van der Waals surface area (Å²) < 4.78 is 65.6. The van der Waals surface area contributed by atoms with E-state index in [1.165, 1.54) is 30.3 Å². The number of nitrogens with one attached hydrogen (secondary N) is 1. The van der Waals surface area contributed by atoms with Gasteiger partial charge in [0.05, 0.1) is 10.6 Å². The van der Waals surface area contributed by atoms with Crippen molar-refractivity contribution >= 4 is 23.2 Å². The van der Waals surface area contributed by atoms with Gasteiger partial charge in [0, 0.05) is 18.0 Å². The zero-order valence-electron chi connectivity index (χ0n) is 17.4. The normalized spacial score (nSPS) is 11.6. The van der Waals surface area contributed by atoms with E-state index in [1.54, 1.807) is 24.3 Å². The van der Waals surface area contributed by atoms with Crippen LogP contribution in [0, 0.1) is 11.6 Å². The van der Waals surface area contributed by atoms with Gasteiger partial charge in [0.15, 0.2) is 0 Å². The number of amides is 1. The van der Waals surface area contributed by atoms with Crippen LogP contribution in [-0.2, 0) is 11.0 Å². The van der Waals surface area contributed by atoms with Crippen molar-refractivity contribution in [2.75, 3.05) is 5.32 Å². The second kappa shape index (κ2) is 10.8. The molecule has 0 aliphatic rings. The highest BCUT2D eigenvalue weighted by molar-refractivity contribution is 6.31. The Kier molecular flexibility index (Phi) is 8.08. The maximum Gasteiger partial charge on any atom is 0.417 e. The highest BCUT2D eigenvalue weighted by Gasteiger charge is 2.33. The van der Waals surface area contributed by atoms with Crippen LogP contribution < -0.4 is 5.32 Å². The van der Waals surface area contributed by atoms with E-state index in [2.05, 4.69) is 5.32 Å². The number of hydrogen-bond donors (Lipinski definition) is 1. The molecule has 0 saturated heterocycles. The van der Waals surface area contributed by atoms with Gasteiger partial charge in [-0.3, -0.25) is 4.79 Å². The molecule has 3 aromatic rings. The summed E-state index contributed by atoms with van der Waals surface area (Å²) in [6.45, 7) is 0. The second-order valence-corrected chi connectivity index (χ2v) is 8.05. The Bertz CT molecular complexity index is 1040. The molecule has 33 heavy (non-hydrogen) atoms. The average Bonchev–Trinajstić information content (AvgIpc) is 2.76. The zero-order chi connectivity index (χ0) is 24.0. The predicted octanol–water partition coefficient (Wildman–Crippen LogP) is 7.97. The number of unbranched alkanes of at least 4 members (excludes halogenated alkanes) is 1. The van der Waals surface area contributed by atoms with Crippen LogP contribution in [0.15, 0.2) is 66.7 Å². The molecule has 174 valence electrons. The second-order valence-electron chi connectivity index (χ2n) is 7.64. The highest BCUT2D eigenvalue weighted by Crippen LogP contribution is 2.36. The molecule has 0 saturated carbocycles. The molecule has 8 heteroatoms. The standard InChI is InChI=1S/C25H21ClF5NO/c26-23-14-13-20(15-22(23)25(29,30)31)32-24(33)4-2-1-3-21(16-5-9-18(27)10-6-16)17-7-11-19(28)12-8-17/h5-15,21H,1-4H2,(H,32,33). The van der Waals surface area contributed by atoms with Crippen LogP contribution in [0.1, 0.15) is 48.3 Å². The first-order valence-electron chi connectivity index (χ1n) is 10.3. The van der Waals surface area contributed by atoms with Gasteiger partial charge in [-0.25, -0.2) is 8.78 Å². The largest absolute Gasteiger partial charge is 0.417 e. The van der Waals surface area contributed by atoms with Crippen LogP contribution in [0.3, 0.4) is 0 Å². The molecule has 0 radical (unpaired) electrons. The fourth-order valence-electron chi connectivity index (χ4n) is 3.59. The van der Waals surface area contributed by atoms with Gasteiger partial charge < -0.3 is 5.32 Å². The SMILES string of the molecule is O=C(CCCCC(c1ccc(F)cc1)c1ccc(F)cc1)Nc1ccc(Cl)c(C(F)(F)F)c1. The van der Waals surface area contributed by atoms with Crippen LogP contribution in [0.2, 0.25) is 5.02 Å². The molecular formula is C25H21ClF5NO. The van der Waals surface area contributed by atoms with E-state index in [9.17, 15) is 26.7 Å². The monoisotopic (exact) mass is 481 g/mol. The van der Waals surface area contributed by atoms with Gasteiger partial charge in [-0.05, 0) is 66.4 Å². The van der Waals surface area contributed by atoms with Crippen LogP contribution in [0.25, 0.3) is 0 Å². The molecular weight excluding hydrogens is 461 g/mol. The lowest BCUT2D eigenvalue weighted by Crippen LogP contribution is -2.13. The van der Waals surface area contributed by atoms with E-state index in [0.29, 0.717) is 19.3 Å². The quantitative estimate of drug-likeness (QED) is 0.256. The Morgan fingerprint density at radius 2 is 1.39 bits per heavy atom. The summed E-state index contributed by atoms with van der Waals surface area (Å²) in [5.41, 5.74) is 0.747. The van der Waals surface area contributed by atoms with E-state index in [0.717, 1.165) is 23.3 Å². The minimum absolute atomic E-state index is 0.0206. The van der Waals surface area contributed by atoms with Gasteiger partial charge in [0.25, 0.3) is 0 Å². The van der Waals surface area contributed by atoms with Crippen molar-refractivity contribution in [2.24, 2.45) is 0 Å². The van der Waals surface area contributed by atoms with Crippen molar-refractivity contribution in [1.29, 1.82) is 0 Å². The summed E-state index contributed by atoms with van der Waals surface area (Å²) in [5.74, 6) is -1.24. The number of rotatable bonds is 8. The molecule has 1 N–H and O–H groups in total. The van der Waals surface area contributed by atoms with E-state index in [1.807, 2.05) is 0 Å². The molecule has 0 spiro atoms. The van der Waals surface area contributed by atoms with Gasteiger partial charge in [-0.2, -0.15) is 13.2 Å². The Labute approximate surface area is 193 Å². The van der Waals surface area contributed by atoms with Crippen LogP contribution in [0.5, 0.6) is 0 Å². The predicted molar refractivity (Wildman–Crippen MR) is 118 cm³/mol. The summed E-state index contributed by atoms with van der Waals surface area (Å²) in [6, 6.07) is 15.4. The first kappa shape index (κ1) is 24.7. The summed E-state index contributed by atoms with van der Waals surface area (Å²) >= 11 is 5.59. The number of hydrogen-bond acceptors (Lipinski definition) is 1. The number of alkyl halides is 3. The zero-order valence-corrected chi connectivity index (χ0v) is 18.2. The molecule has 1 amide bonds. The summed E-state index contributed by atoms with van der Waals surface area (Å²) in [6.07, 6.45) is -2.76. The van der Waals surface area contributed by atoms with Gasteiger partial charge in [-0.15, -0.1) is 0 Å². The number of benzene rings is 3. The van der Waals surface area contributed by atoms with Crippen molar-refractivity contribution in [3.63, 3.8) is 0 Å². The molecule has 2 nitrogen and oxygen atoms in total. The van der Waals surface area contributed by atoms with E-state index in [4.69, 9.17) is 11.6 Å². The Morgan fingerprint density at radius 1 is 0.848 bits per heavy atom. The molecule has 0 aliphatic carbocycles. The third-order valence-electron chi connectivity index (χ3n) is 5.25. The van der Waals surface area contributed by atoms with E-state index < -0.39 is 22.7 Å². The first-order chi connectivity index (χ1) is 15.6. The number of carbonyl (C=O) groups is 1. The molecule has 0 heterocycles. The van der Waals surface area contributed by atoms with Gasteiger partial charge in [-0.1, -0.05) is 42.3 Å². The minimum Gasteiger partial charge on any atom is -0.326 e. The molecule has 3 aromatic carbocycles. The molecule has 0 atom stereocenters. The minimum atomic E-state index is -4.62. The summed E-state index contributed by atoms with van der Waals surface area (Å²) in [4.78, 5) is 12.2. The average molecular weight is 482 g/mol. The number of anilines is 1. The van der Waals surface area contributed by atoms with Crippen molar-refractivity contribution in [2.45, 2.75) is 37.8 Å². The van der Waals surface area contributed by atoms with Crippen molar-refractivity contribution in [3.05, 3.63) is 100 Å². The fraction of sp³-hybridized carbons (Fsp3) is 0.240. The Hall–Kier alpha value is -2.93. The molecule has 0 fully saturated rings. The topological polar surface area (TPSA) is 29.1 Å². The van der Waals surface area contributed by atoms with Crippen LogP contribution in [0.4, 0.5) is 27.6 Å². The molecule has 0 bridgehead atoms. The smallest absolute Gasteiger partial charge is 0.326 e. The summed E-state index contributed by atoms with van der Waals surface area (Å²) in [7, 11) is 0. The Balaban J connectivity index is 1.59. The fourth-order valence-corrected chi connectivity index (χ4v) is 3.82. The first-order valence-corrected chi connectivity index (χ1v) is 10.7. The van der Waals surface area contributed by atoms with Crippen molar-refractivity contribution in [1.82, 2.24) is 0 Å². The van der Waals surface area contributed by atoms with Crippen molar-refractivity contribution < 1.29 is 26.7 Å². The van der Waals surface area contributed by atoms with E-state index >= 15 is 0 Å². The lowest BCUT2D eigenvalue weighted by atomic mass is 9.87. The third-order valence-corrected chi connectivity index (χ3v) is 5.58. The third kappa shape index (κ3) is 7.02. The maximum atomic E-state index is 13.3. The lowest BCUT2D eigenvalue weighted by Gasteiger charge is -2.18. The van der Waals surface area contributed by atoms with E-state index in [-0.39, 0.29) is 29.7 Å². The van der Waals surface area contributed by atoms with Crippen molar-refractivity contribution in [3.8, 4) is 0 Å². The lowest BCUT2D eigenvalue weighted by molar-refractivity contribution is -0.137. The number of carbonyl (C=O) groups excluding carboxylic acids is 1. The molecule has 3 rings (SSSR count).